The molecule has 0 aliphatic heterocycles. The van der Waals surface area contributed by atoms with Crippen molar-refractivity contribution in [2.75, 3.05) is 0 Å². The minimum absolute atomic E-state index is 0.662. The summed E-state index contributed by atoms with van der Waals surface area (Å²) in [5, 5.41) is 27.8. The largest absolute Gasteiger partial charge is 0.308 e. The summed E-state index contributed by atoms with van der Waals surface area (Å²) < 4.78 is 14.2. The fourth-order valence-electron chi connectivity index (χ4n) is 24.1. The van der Waals surface area contributed by atoms with Gasteiger partial charge in [-0.25, -0.2) is 29.9 Å². The Morgan fingerprint density at radius 3 is 0.866 bits per heavy atom. The van der Waals surface area contributed by atoms with Crippen LogP contribution in [0.5, 0.6) is 0 Å². The molecular weight excluding hydrogens is 1730 g/mol. The Morgan fingerprint density at radius 2 is 0.437 bits per heavy atom. The van der Waals surface area contributed by atoms with E-state index in [4.69, 9.17) is 29.9 Å². The lowest BCUT2D eigenvalue weighted by atomic mass is 9.99. The van der Waals surface area contributed by atoms with Crippen LogP contribution in [0.15, 0.2) is 461 Å². The number of rotatable bonds is 8. The first-order valence-corrected chi connectivity index (χ1v) is 48.4. The van der Waals surface area contributed by atoms with Gasteiger partial charge in [-0.1, -0.05) is 370 Å². The van der Waals surface area contributed by atoms with E-state index in [0.717, 1.165) is 122 Å². The molecule has 0 unspecified atom stereocenters. The molecule has 12 heterocycles. The van der Waals surface area contributed by atoms with Gasteiger partial charge in [0, 0.05) is 125 Å². The quantitative estimate of drug-likeness (QED) is 0.140. The smallest absolute Gasteiger partial charge is 0.235 e. The van der Waals surface area contributed by atoms with Crippen molar-refractivity contribution in [2.24, 2.45) is 0 Å². The molecule has 0 bridgehead atoms. The number of nitrogens with zero attached hydrogens (tertiary/aromatic N) is 12. The summed E-state index contributed by atoms with van der Waals surface area (Å²) in [5.41, 5.74) is 30.8. The van der Waals surface area contributed by atoms with Crippen molar-refractivity contribution in [3.63, 3.8) is 0 Å². The highest BCUT2D eigenvalue weighted by atomic mass is 15.2. The Kier molecular flexibility index (Phi) is 16.5. The van der Waals surface area contributed by atoms with E-state index < -0.39 is 0 Å². The molecule has 0 aliphatic carbocycles. The van der Waals surface area contributed by atoms with Crippen molar-refractivity contribution < 1.29 is 0 Å². The fourth-order valence-corrected chi connectivity index (χ4v) is 24.1. The monoisotopic (exact) mass is 1800 g/mol. The van der Waals surface area contributed by atoms with E-state index in [2.05, 4.69) is 488 Å². The standard InChI is InChI=1S/2C44H26N4.C42H24N4/c1-3-13-27(14-4-1)29-18-9-22-34-41(28-15-5-2-6-16-28)45-44(46-42(29)34)48-36-24-11-19-31-33-21-10-20-32-30-17-7-8-23-35(30)47(43(32)33)37-25-12-26-38(48)40(37)39(31)36;1-3-12-27(13-4-1)29-24-25-35-34(26-29)42(28-14-5-2-6-15-28)46-44(45-35)48-37-21-10-17-31-33-19-9-18-32-30-16-7-8-20-36(30)47(43(32)33)38-22-11-23-39(48)41(38)40(31)37;1-2-12-26(13-3-1)39-32-24-23-25-11-4-5-14-27(25)40(32)44-42(43-39)46-34-20-9-16-29-31-18-8-17-30-28-15-6-7-19-33(28)45(41(30)31)35-21-10-22-36(46)38(35)37(29)34/h2*1-26H;1-24H. The Labute approximate surface area is 809 Å². The van der Waals surface area contributed by atoms with Crippen molar-refractivity contribution in [3.8, 4) is 73.9 Å². The van der Waals surface area contributed by atoms with Crippen LogP contribution in [0.3, 0.4) is 0 Å². The third-order valence-corrected chi connectivity index (χ3v) is 30.0. The molecular formula is C130H76N12. The van der Waals surface area contributed by atoms with Gasteiger partial charge in [0.15, 0.2) is 0 Å². The maximum absolute atomic E-state index is 5.45. The Morgan fingerprint density at radius 1 is 0.148 bits per heavy atom. The first-order chi connectivity index (χ1) is 70.5. The molecule has 0 atom stereocenters. The molecule has 0 amide bonds. The third-order valence-electron chi connectivity index (χ3n) is 30.0. The topological polar surface area (TPSA) is 105 Å². The predicted octanol–water partition coefficient (Wildman–Crippen LogP) is 33.1. The zero-order valence-electron chi connectivity index (χ0n) is 76.2. The minimum Gasteiger partial charge on any atom is -0.308 e. The van der Waals surface area contributed by atoms with Gasteiger partial charge in [-0.05, 0) is 129 Å². The van der Waals surface area contributed by atoms with Gasteiger partial charge in [-0.2, -0.15) is 0 Å². The lowest BCUT2D eigenvalue weighted by Crippen LogP contribution is -2.04. The molecule has 0 radical (unpaired) electrons. The average molecular weight is 1810 g/mol. The zero-order valence-corrected chi connectivity index (χ0v) is 76.2. The van der Waals surface area contributed by atoms with Crippen LogP contribution in [0, 0.1) is 0 Å². The second kappa shape index (κ2) is 30.1. The third kappa shape index (κ3) is 11.1. The maximum atomic E-state index is 5.45. The molecule has 12 heteroatoms. The van der Waals surface area contributed by atoms with Gasteiger partial charge in [-0.3, -0.25) is 13.7 Å². The second-order valence-corrected chi connectivity index (χ2v) is 37.3. The van der Waals surface area contributed by atoms with Crippen LogP contribution in [-0.2, 0) is 0 Å². The molecule has 0 aliphatic rings. The summed E-state index contributed by atoms with van der Waals surface area (Å²) in [6, 6.07) is 165. The summed E-state index contributed by atoms with van der Waals surface area (Å²) in [6.45, 7) is 0. The number of fused-ring (bicyclic) bond motifs is 20. The molecule has 0 saturated carbocycles. The second-order valence-electron chi connectivity index (χ2n) is 37.3. The summed E-state index contributed by atoms with van der Waals surface area (Å²) in [7, 11) is 0. The lowest BCUT2D eigenvalue weighted by molar-refractivity contribution is 1.01. The van der Waals surface area contributed by atoms with Gasteiger partial charge in [0.2, 0.25) is 17.8 Å². The van der Waals surface area contributed by atoms with Crippen molar-refractivity contribution in [2.45, 2.75) is 0 Å². The van der Waals surface area contributed by atoms with E-state index in [-0.39, 0.29) is 0 Å². The first-order valence-electron chi connectivity index (χ1n) is 48.4. The van der Waals surface area contributed by atoms with E-state index in [0.29, 0.717) is 17.8 Å². The molecule has 0 saturated heterocycles. The molecule has 12 aromatic heterocycles. The maximum Gasteiger partial charge on any atom is 0.235 e. The van der Waals surface area contributed by atoms with Gasteiger partial charge in [-0.15, -0.1) is 0 Å². The molecule has 0 spiro atoms. The molecule has 656 valence electrons. The summed E-state index contributed by atoms with van der Waals surface area (Å²) in [6.07, 6.45) is 0. The number of hydrogen-bond donors (Lipinski definition) is 0. The number of benzene rings is 21. The van der Waals surface area contributed by atoms with Gasteiger partial charge >= 0.3 is 0 Å². The molecule has 0 N–H and O–H groups in total. The first kappa shape index (κ1) is 77.9. The fraction of sp³-hybridized carbons (Fsp3) is 0. The van der Waals surface area contributed by atoms with Crippen LogP contribution in [-0.4, -0.2) is 56.8 Å². The Hall–Kier alpha value is -19.3. The molecule has 12 nitrogen and oxygen atoms in total. The van der Waals surface area contributed by atoms with Crippen LogP contribution < -0.4 is 0 Å². The highest BCUT2D eigenvalue weighted by molar-refractivity contribution is 6.35. The zero-order chi connectivity index (χ0) is 92.6. The Bertz CT molecular complexity index is 11000. The summed E-state index contributed by atoms with van der Waals surface area (Å²) >= 11 is 0. The van der Waals surface area contributed by atoms with E-state index in [1.54, 1.807) is 0 Å². The van der Waals surface area contributed by atoms with Gasteiger partial charge in [0.05, 0.1) is 116 Å². The van der Waals surface area contributed by atoms with Crippen LogP contribution in [0.2, 0.25) is 0 Å². The normalized spacial score (nSPS) is 12.2. The van der Waals surface area contributed by atoms with E-state index in [9.17, 15) is 0 Å². The van der Waals surface area contributed by atoms with E-state index >= 15 is 0 Å². The van der Waals surface area contributed by atoms with Gasteiger partial charge < -0.3 is 13.2 Å². The summed E-state index contributed by atoms with van der Waals surface area (Å²) in [5.74, 6) is 2.00. The van der Waals surface area contributed by atoms with E-state index in [1.807, 2.05) is 0 Å². The van der Waals surface area contributed by atoms with Crippen LogP contribution in [0.4, 0.5) is 0 Å². The van der Waals surface area contributed by atoms with Crippen molar-refractivity contribution in [3.05, 3.63) is 461 Å². The predicted molar refractivity (Wildman–Crippen MR) is 590 cm³/mol. The summed E-state index contributed by atoms with van der Waals surface area (Å²) in [4.78, 5) is 32.4. The number of para-hydroxylation sites is 7. The molecule has 33 rings (SSSR count). The minimum atomic E-state index is 0.662. The van der Waals surface area contributed by atoms with Crippen molar-refractivity contribution in [1.82, 2.24) is 56.8 Å². The van der Waals surface area contributed by atoms with Gasteiger partial charge in [0.25, 0.3) is 0 Å². The average Bonchev–Trinajstić information content (AvgIpc) is 1.53. The van der Waals surface area contributed by atoms with Crippen LogP contribution in [0.25, 0.3) is 297 Å². The highest BCUT2D eigenvalue weighted by Gasteiger charge is 2.30. The Balaban J connectivity index is 0.0000000977. The number of hydrogen-bond acceptors (Lipinski definition) is 6. The van der Waals surface area contributed by atoms with Crippen molar-refractivity contribution in [1.29, 1.82) is 0 Å². The SMILES string of the molecule is c1ccc(-c2ccc3nc(-n4c5cccc6c7cccc8c9ccccc9n(c9cccc4c9c65)c78)nc(-c4ccccc4)c3c2)cc1.c1ccc(-c2nc(-n3c4cccc5c6cccc7c8ccccc8n(c8cccc3c8c54)c67)nc3c(-c4ccccc4)cccc23)cc1.c1ccc(-c2nc(-n3c4cccc5c6cccc7c8ccccc8n(c8cccc3c8c54)c67)nc3c2ccc2ccccc23)cc1. The number of aromatic nitrogens is 12. The highest BCUT2D eigenvalue weighted by Crippen LogP contribution is 2.51. The molecule has 33 aromatic rings. The molecule has 142 heavy (non-hydrogen) atoms. The van der Waals surface area contributed by atoms with Crippen LogP contribution >= 0.6 is 0 Å². The molecule has 0 fully saturated rings. The van der Waals surface area contributed by atoms with E-state index in [1.165, 1.54) is 158 Å². The van der Waals surface area contributed by atoms with Crippen molar-refractivity contribution >= 4 is 223 Å². The van der Waals surface area contributed by atoms with Gasteiger partial charge in [0.1, 0.15) is 0 Å². The molecule has 21 aromatic carbocycles. The lowest BCUT2D eigenvalue weighted by Gasteiger charge is -2.14. The van der Waals surface area contributed by atoms with Crippen LogP contribution in [0.1, 0.15) is 0 Å².